The lowest BCUT2D eigenvalue weighted by atomic mass is 10.0. The summed E-state index contributed by atoms with van der Waals surface area (Å²) in [6.45, 7) is 0. The third kappa shape index (κ3) is 3.49. The summed E-state index contributed by atoms with van der Waals surface area (Å²) in [5.41, 5.74) is 5.10. The lowest BCUT2D eigenvalue weighted by Crippen LogP contribution is -2.47. The van der Waals surface area contributed by atoms with E-state index in [1.165, 1.54) is 12.8 Å². The predicted molar refractivity (Wildman–Crippen MR) is 85.9 cm³/mol. The van der Waals surface area contributed by atoms with Gasteiger partial charge < -0.3 is 4.74 Å². The van der Waals surface area contributed by atoms with Crippen LogP contribution in [0.2, 0.25) is 0 Å². The Bertz CT molecular complexity index is 568. The molecule has 0 spiro atoms. The molecule has 3 N–H and O–H groups in total. The van der Waals surface area contributed by atoms with Crippen molar-refractivity contribution in [2.75, 3.05) is 7.11 Å². The molecule has 112 valence electrons. The molecule has 1 saturated carbocycles. The van der Waals surface area contributed by atoms with Crippen molar-refractivity contribution in [3.8, 4) is 11.3 Å². The van der Waals surface area contributed by atoms with Gasteiger partial charge in [-0.25, -0.2) is 4.98 Å². The summed E-state index contributed by atoms with van der Waals surface area (Å²) < 4.78 is 5.63. The van der Waals surface area contributed by atoms with Gasteiger partial charge in [-0.3, -0.25) is 11.3 Å². The van der Waals surface area contributed by atoms with E-state index in [1.807, 2.05) is 18.2 Å². The number of nitrogens with two attached hydrogens (primary N) is 1. The van der Waals surface area contributed by atoms with E-state index in [9.17, 15) is 0 Å². The van der Waals surface area contributed by atoms with E-state index < -0.39 is 0 Å². The Morgan fingerprint density at radius 3 is 2.76 bits per heavy atom. The van der Waals surface area contributed by atoms with Crippen LogP contribution in [0.15, 0.2) is 35.7 Å². The molecule has 1 heterocycles. The molecule has 1 aliphatic carbocycles. The first-order valence-corrected chi connectivity index (χ1v) is 8.18. The maximum Gasteiger partial charge on any atom is 0.0949 e. The molecule has 2 unspecified atom stereocenters. The standard InChI is InChI=1S/C16H21N3OS/c1-20-16(12-7-8-12)13(19-17)9-15-18-14(10-21-15)11-5-3-2-4-6-11/h2-6,10,12-13,16,19H,7-9,17H2,1H3. The van der Waals surface area contributed by atoms with Crippen molar-refractivity contribution in [2.45, 2.75) is 31.4 Å². The number of hydrogen-bond donors (Lipinski definition) is 2. The number of aromatic nitrogens is 1. The van der Waals surface area contributed by atoms with Crippen LogP contribution in [0.1, 0.15) is 17.8 Å². The minimum atomic E-state index is 0.122. The summed E-state index contributed by atoms with van der Waals surface area (Å²) in [6.07, 6.45) is 3.47. The summed E-state index contributed by atoms with van der Waals surface area (Å²) in [6, 6.07) is 10.4. The van der Waals surface area contributed by atoms with E-state index in [-0.39, 0.29) is 12.1 Å². The maximum atomic E-state index is 5.73. The molecule has 1 aromatic heterocycles. The Hall–Kier alpha value is -1.27. The fourth-order valence-corrected chi connectivity index (χ4v) is 3.58. The molecular weight excluding hydrogens is 282 g/mol. The SMILES string of the molecule is COC(C1CC1)C(Cc1nc(-c2ccccc2)cs1)NN. The average molecular weight is 303 g/mol. The minimum Gasteiger partial charge on any atom is -0.379 e. The maximum absolute atomic E-state index is 5.73. The van der Waals surface area contributed by atoms with Gasteiger partial charge in [0.25, 0.3) is 0 Å². The highest BCUT2D eigenvalue weighted by Gasteiger charge is 2.36. The molecule has 0 saturated heterocycles. The highest BCUT2D eigenvalue weighted by atomic mass is 32.1. The van der Waals surface area contributed by atoms with Gasteiger partial charge in [-0.2, -0.15) is 0 Å². The van der Waals surface area contributed by atoms with Gasteiger partial charge in [0.1, 0.15) is 0 Å². The zero-order valence-corrected chi connectivity index (χ0v) is 13.0. The molecule has 21 heavy (non-hydrogen) atoms. The fraction of sp³-hybridized carbons (Fsp3) is 0.438. The van der Waals surface area contributed by atoms with Crippen molar-refractivity contribution >= 4 is 11.3 Å². The van der Waals surface area contributed by atoms with Gasteiger partial charge in [-0.1, -0.05) is 30.3 Å². The van der Waals surface area contributed by atoms with Crippen molar-refractivity contribution in [3.05, 3.63) is 40.7 Å². The molecule has 4 nitrogen and oxygen atoms in total. The van der Waals surface area contributed by atoms with E-state index in [0.29, 0.717) is 5.92 Å². The van der Waals surface area contributed by atoms with Crippen LogP contribution < -0.4 is 11.3 Å². The first-order chi connectivity index (χ1) is 10.3. The second-order valence-corrected chi connectivity index (χ2v) is 6.45. The minimum absolute atomic E-state index is 0.122. The molecular formula is C16H21N3OS. The van der Waals surface area contributed by atoms with Crippen molar-refractivity contribution in [1.82, 2.24) is 10.4 Å². The number of hydrogen-bond acceptors (Lipinski definition) is 5. The first kappa shape index (κ1) is 14.7. The quantitative estimate of drug-likeness (QED) is 0.610. The van der Waals surface area contributed by atoms with Crippen LogP contribution >= 0.6 is 11.3 Å². The Morgan fingerprint density at radius 2 is 2.14 bits per heavy atom. The van der Waals surface area contributed by atoms with Crippen LogP contribution in [-0.4, -0.2) is 24.2 Å². The third-order valence-corrected chi connectivity index (χ3v) is 4.86. The molecule has 5 heteroatoms. The van der Waals surface area contributed by atoms with Gasteiger partial charge in [0.15, 0.2) is 0 Å². The zero-order chi connectivity index (χ0) is 14.7. The van der Waals surface area contributed by atoms with Gasteiger partial charge in [0.05, 0.1) is 22.8 Å². The molecule has 2 aromatic rings. The van der Waals surface area contributed by atoms with Crippen LogP contribution in [0.3, 0.4) is 0 Å². The number of benzene rings is 1. The van der Waals surface area contributed by atoms with E-state index in [1.54, 1.807) is 18.4 Å². The van der Waals surface area contributed by atoms with Crippen molar-refractivity contribution in [3.63, 3.8) is 0 Å². The predicted octanol–water partition coefficient (Wildman–Crippen LogP) is 2.61. The largest absolute Gasteiger partial charge is 0.379 e. The van der Waals surface area contributed by atoms with Gasteiger partial charge in [-0.15, -0.1) is 11.3 Å². The third-order valence-electron chi connectivity index (χ3n) is 3.99. The molecule has 3 rings (SSSR count). The zero-order valence-electron chi connectivity index (χ0n) is 12.2. The number of rotatable bonds is 7. The normalized spacial score (nSPS) is 17.6. The molecule has 0 amide bonds. The highest BCUT2D eigenvalue weighted by Crippen LogP contribution is 2.36. The topological polar surface area (TPSA) is 60.2 Å². The summed E-state index contributed by atoms with van der Waals surface area (Å²) in [5, 5.41) is 3.21. The molecule has 0 aliphatic heterocycles. The van der Waals surface area contributed by atoms with Crippen molar-refractivity contribution < 1.29 is 4.74 Å². The number of methoxy groups -OCH3 is 1. The summed E-state index contributed by atoms with van der Waals surface area (Å²) in [7, 11) is 1.77. The molecule has 0 radical (unpaired) electrons. The van der Waals surface area contributed by atoms with E-state index >= 15 is 0 Å². The van der Waals surface area contributed by atoms with Crippen LogP contribution in [0, 0.1) is 5.92 Å². The van der Waals surface area contributed by atoms with E-state index in [4.69, 9.17) is 15.6 Å². The van der Waals surface area contributed by atoms with E-state index in [2.05, 4.69) is 22.9 Å². The van der Waals surface area contributed by atoms with Crippen LogP contribution in [0.5, 0.6) is 0 Å². The molecule has 1 fully saturated rings. The Labute approximate surface area is 129 Å². The summed E-state index contributed by atoms with van der Waals surface area (Å²) in [4.78, 5) is 4.73. The van der Waals surface area contributed by atoms with Crippen molar-refractivity contribution in [2.24, 2.45) is 11.8 Å². The number of thiazole rings is 1. The number of ether oxygens (including phenoxy) is 1. The Kier molecular flexibility index (Phi) is 4.65. The van der Waals surface area contributed by atoms with Gasteiger partial charge >= 0.3 is 0 Å². The Morgan fingerprint density at radius 1 is 1.38 bits per heavy atom. The van der Waals surface area contributed by atoms with Gasteiger partial charge in [0.2, 0.25) is 0 Å². The molecule has 1 aromatic carbocycles. The summed E-state index contributed by atoms with van der Waals surface area (Å²) >= 11 is 1.69. The second kappa shape index (κ2) is 6.66. The highest BCUT2D eigenvalue weighted by molar-refractivity contribution is 7.09. The molecule has 0 bridgehead atoms. The lowest BCUT2D eigenvalue weighted by Gasteiger charge is -2.24. The second-order valence-electron chi connectivity index (χ2n) is 5.51. The smallest absolute Gasteiger partial charge is 0.0949 e. The van der Waals surface area contributed by atoms with Crippen LogP contribution in [-0.2, 0) is 11.2 Å². The molecule has 2 atom stereocenters. The monoisotopic (exact) mass is 303 g/mol. The summed E-state index contributed by atoms with van der Waals surface area (Å²) in [5.74, 6) is 6.37. The molecule has 1 aliphatic rings. The average Bonchev–Trinajstić information content (AvgIpc) is 3.25. The van der Waals surface area contributed by atoms with Gasteiger partial charge in [0, 0.05) is 24.5 Å². The van der Waals surface area contributed by atoms with Crippen molar-refractivity contribution in [1.29, 1.82) is 0 Å². The number of hydrazine groups is 1. The first-order valence-electron chi connectivity index (χ1n) is 7.30. The van der Waals surface area contributed by atoms with Crippen LogP contribution in [0.25, 0.3) is 11.3 Å². The number of nitrogens with zero attached hydrogens (tertiary/aromatic N) is 1. The van der Waals surface area contributed by atoms with Gasteiger partial charge in [-0.05, 0) is 18.8 Å². The fourth-order valence-electron chi connectivity index (χ4n) is 2.71. The van der Waals surface area contributed by atoms with E-state index in [0.717, 1.165) is 22.7 Å². The number of nitrogens with one attached hydrogen (secondary N) is 1. The Balaban J connectivity index is 1.71. The lowest BCUT2D eigenvalue weighted by molar-refractivity contribution is 0.0511. The van der Waals surface area contributed by atoms with Crippen LogP contribution in [0.4, 0.5) is 0 Å².